The van der Waals surface area contributed by atoms with Crippen molar-refractivity contribution in [1.29, 1.82) is 0 Å². The van der Waals surface area contributed by atoms with E-state index in [2.05, 4.69) is 27.7 Å². The molecule has 1 N–H and O–H groups in total. The van der Waals surface area contributed by atoms with E-state index in [0.29, 0.717) is 5.41 Å². The molecule has 0 amide bonds. The summed E-state index contributed by atoms with van der Waals surface area (Å²) >= 11 is 0. The molecule has 1 heteroatoms. The smallest absolute Gasteiger partial charge is 0.0545 e. The van der Waals surface area contributed by atoms with Crippen molar-refractivity contribution in [2.45, 2.75) is 72.3 Å². The van der Waals surface area contributed by atoms with E-state index < -0.39 is 0 Å². The summed E-state index contributed by atoms with van der Waals surface area (Å²) in [6, 6.07) is 0. The van der Waals surface area contributed by atoms with E-state index in [-0.39, 0.29) is 6.10 Å². The summed E-state index contributed by atoms with van der Waals surface area (Å²) in [5.41, 5.74) is 0.311. The van der Waals surface area contributed by atoms with Crippen LogP contribution in [0.4, 0.5) is 0 Å². The highest BCUT2D eigenvalue weighted by Crippen LogP contribution is 2.27. The van der Waals surface area contributed by atoms with Crippen LogP contribution in [0.5, 0.6) is 0 Å². The number of hydrogen-bond acceptors (Lipinski definition) is 1. The average Bonchev–Trinajstić information content (AvgIpc) is 2.04. The van der Waals surface area contributed by atoms with Crippen molar-refractivity contribution >= 4 is 0 Å². The summed E-state index contributed by atoms with van der Waals surface area (Å²) < 4.78 is 0. The quantitative estimate of drug-likeness (QED) is 0.600. The van der Waals surface area contributed by atoms with Crippen molar-refractivity contribution in [2.75, 3.05) is 0 Å². The maximum atomic E-state index is 9.74. The molecule has 0 fully saturated rings. The third-order valence-electron chi connectivity index (χ3n) is 2.89. The van der Waals surface area contributed by atoms with Crippen LogP contribution < -0.4 is 0 Å². The molecule has 0 aliphatic carbocycles. The zero-order valence-electron chi connectivity index (χ0n) is 9.77. The number of aliphatic hydroxyl groups is 1. The van der Waals surface area contributed by atoms with Crippen molar-refractivity contribution in [3.8, 4) is 0 Å². The van der Waals surface area contributed by atoms with E-state index in [0.717, 1.165) is 19.3 Å². The van der Waals surface area contributed by atoms with Crippen LogP contribution in [-0.4, -0.2) is 11.2 Å². The zero-order chi connectivity index (χ0) is 10.3. The first-order chi connectivity index (χ1) is 6.02. The Morgan fingerprint density at radius 3 is 2.23 bits per heavy atom. The predicted molar refractivity (Wildman–Crippen MR) is 58.8 cm³/mol. The SMILES string of the molecule is CCCCCC(O)CC(C)(C)CC. The summed E-state index contributed by atoms with van der Waals surface area (Å²) in [5, 5.41) is 9.74. The van der Waals surface area contributed by atoms with Crippen LogP contribution in [0.2, 0.25) is 0 Å². The molecule has 0 saturated heterocycles. The van der Waals surface area contributed by atoms with Gasteiger partial charge in [-0.1, -0.05) is 53.4 Å². The Balaban J connectivity index is 3.55. The molecule has 0 heterocycles. The first kappa shape index (κ1) is 13.0. The van der Waals surface area contributed by atoms with Gasteiger partial charge in [0.05, 0.1) is 6.10 Å². The number of unbranched alkanes of at least 4 members (excludes halogenated alkanes) is 2. The molecule has 0 bridgehead atoms. The van der Waals surface area contributed by atoms with Gasteiger partial charge in [0, 0.05) is 0 Å². The molecule has 0 aromatic heterocycles. The Labute approximate surface area is 83.5 Å². The first-order valence-corrected chi connectivity index (χ1v) is 5.70. The monoisotopic (exact) mass is 186 g/mol. The number of hydrogen-bond donors (Lipinski definition) is 1. The van der Waals surface area contributed by atoms with E-state index in [9.17, 15) is 5.11 Å². The summed E-state index contributed by atoms with van der Waals surface area (Å²) in [7, 11) is 0. The van der Waals surface area contributed by atoms with E-state index >= 15 is 0 Å². The van der Waals surface area contributed by atoms with E-state index in [1.807, 2.05) is 0 Å². The molecule has 13 heavy (non-hydrogen) atoms. The molecule has 0 rings (SSSR count). The molecule has 0 saturated carbocycles. The van der Waals surface area contributed by atoms with Gasteiger partial charge in [0.1, 0.15) is 0 Å². The fourth-order valence-electron chi connectivity index (χ4n) is 1.51. The summed E-state index contributed by atoms with van der Waals surface area (Å²) in [4.78, 5) is 0. The second-order valence-electron chi connectivity index (χ2n) is 4.87. The molecule has 0 aliphatic rings. The fourth-order valence-corrected chi connectivity index (χ4v) is 1.51. The molecule has 0 aromatic rings. The van der Waals surface area contributed by atoms with Gasteiger partial charge in [-0.05, 0) is 18.3 Å². The highest BCUT2D eigenvalue weighted by Gasteiger charge is 2.19. The second-order valence-corrected chi connectivity index (χ2v) is 4.87. The average molecular weight is 186 g/mol. The van der Waals surface area contributed by atoms with E-state index in [1.165, 1.54) is 19.3 Å². The number of rotatable bonds is 7. The summed E-state index contributed by atoms with van der Waals surface area (Å²) in [6.07, 6.45) is 6.68. The Kier molecular flexibility index (Phi) is 6.40. The van der Waals surface area contributed by atoms with Crippen LogP contribution in [0.15, 0.2) is 0 Å². The Morgan fingerprint density at radius 1 is 1.15 bits per heavy atom. The van der Waals surface area contributed by atoms with Crippen LogP contribution in [-0.2, 0) is 0 Å². The Morgan fingerprint density at radius 2 is 1.77 bits per heavy atom. The lowest BCUT2D eigenvalue weighted by Crippen LogP contribution is -2.19. The molecule has 1 nitrogen and oxygen atoms in total. The molecular weight excluding hydrogens is 160 g/mol. The van der Waals surface area contributed by atoms with Gasteiger partial charge in [0.15, 0.2) is 0 Å². The standard InChI is InChI=1S/C12H26O/c1-5-7-8-9-11(13)10-12(3,4)6-2/h11,13H,5-10H2,1-4H3. The topological polar surface area (TPSA) is 20.2 Å². The summed E-state index contributed by atoms with van der Waals surface area (Å²) in [6.45, 7) is 8.85. The molecule has 0 spiro atoms. The lowest BCUT2D eigenvalue weighted by molar-refractivity contribution is 0.101. The zero-order valence-corrected chi connectivity index (χ0v) is 9.77. The first-order valence-electron chi connectivity index (χ1n) is 5.70. The minimum Gasteiger partial charge on any atom is -0.393 e. The van der Waals surface area contributed by atoms with Gasteiger partial charge in [-0.2, -0.15) is 0 Å². The maximum Gasteiger partial charge on any atom is 0.0545 e. The van der Waals surface area contributed by atoms with Gasteiger partial charge >= 0.3 is 0 Å². The predicted octanol–water partition coefficient (Wildman–Crippen LogP) is 3.75. The third kappa shape index (κ3) is 7.06. The van der Waals surface area contributed by atoms with Crippen molar-refractivity contribution in [3.05, 3.63) is 0 Å². The molecule has 80 valence electrons. The van der Waals surface area contributed by atoms with Crippen molar-refractivity contribution in [2.24, 2.45) is 5.41 Å². The van der Waals surface area contributed by atoms with Gasteiger partial charge in [0.25, 0.3) is 0 Å². The molecule has 1 atom stereocenters. The van der Waals surface area contributed by atoms with Gasteiger partial charge in [-0.3, -0.25) is 0 Å². The van der Waals surface area contributed by atoms with Crippen LogP contribution in [0, 0.1) is 5.41 Å². The second kappa shape index (κ2) is 6.42. The lowest BCUT2D eigenvalue weighted by Gasteiger charge is -2.25. The minimum absolute atomic E-state index is 0.0819. The highest BCUT2D eigenvalue weighted by molar-refractivity contribution is 4.71. The molecular formula is C12H26O. The van der Waals surface area contributed by atoms with Gasteiger partial charge < -0.3 is 5.11 Å². The lowest BCUT2D eigenvalue weighted by atomic mass is 9.83. The van der Waals surface area contributed by atoms with Crippen molar-refractivity contribution in [1.82, 2.24) is 0 Å². The van der Waals surface area contributed by atoms with Crippen LogP contribution >= 0.6 is 0 Å². The molecule has 0 radical (unpaired) electrons. The number of aliphatic hydroxyl groups excluding tert-OH is 1. The largest absolute Gasteiger partial charge is 0.393 e. The van der Waals surface area contributed by atoms with Gasteiger partial charge in [-0.25, -0.2) is 0 Å². The Hall–Kier alpha value is -0.0400. The Bertz CT molecular complexity index is 118. The van der Waals surface area contributed by atoms with Crippen LogP contribution in [0.25, 0.3) is 0 Å². The maximum absolute atomic E-state index is 9.74. The molecule has 1 unspecified atom stereocenters. The molecule has 0 aromatic carbocycles. The molecule has 0 aliphatic heterocycles. The van der Waals surface area contributed by atoms with Crippen molar-refractivity contribution < 1.29 is 5.11 Å². The van der Waals surface area contributed by atoms with Crippen molar-refractivity contribution in [3.63, 3.8) is 0 Å². The van der Waals surface area contributed by atoms with E-state index in [4.69, 9.17) is 0 Å². The van der Waals surface area contributed by atoms with Gasteiger partial charge in [-0.15, -0.1) is 0 Å². The van der Waals surface area contributed by atoms with Crippen LogP contribution in [0.1, 0.15) is 66.2 Å². The van der Waals surface area contributed by atoms with E-state index in [1.54, 1.807) is 0 Å². The third-order valence-corrected chi connectivity index (χ3v) is 2.89. The normalized spacial score (nSPS) is 14.5. The summed E-state index contributed by atoms with van der Waals surface area (Å²) in [5.74, 6) is 0. The minimum atomic E-state index is -0.0819. The van der Waals surface area contributed by atoms with Gasteiger partial charge in [0.2, 0.25) is 0 Å². The van der Waals surface area contributed by atoms with Crippen LogP contribution in [0.3, 0.4) is 0 Å². The fraction of sp³-hybridized carbons (Fsp3) is 1.00. The highest BCUT2D eigenvalue weighted by atomic mass is 16.3.